The summed E-state index contributed by atoms with van der Waals surface area (Å²) in [6.07, 6.45) is 8.09. The van der Waals surface area contributed by atoms with Gasteiger partial charge in [-0.2, -0.15) is 0 Å². The molecule has 0 radical (unpaired) electrons. The van der Waals surface area contributed by atoms with Gasteiger partial charge in [0.25, 0.3) is 11.8 Å². The van der Waals surface area contributed by atoms with Crippen LogP contribution in [0.3, 0.4) is 0 Å². The Hall–Kier alpha value is -3.65. The van der Waals surface area contributed by atoms with Crippen LogP contribution in [0.4, 0.5) is 0 Å². The highest BCUT2D eigenvalue weighted by Crippen LogP contribution is 2.35. The SMILES string of the molecule is CC1(C(=O)OC2(C(N)=O)CCCCC2)C=C(c2ccc(C(=O)N3CCC(Cc4ccccc4)CC3)cc2)NO1. The number of primary amides is 1. The zero-order valence-corrected chi connectivity index (χ0v) is 22.5. The lowest BCUT2D eigenvalue weighted by molar-refractivity contribution is -0.188. The Kier molecular flexibility index (Phi) is 7.75. The van der Waals surface area contributed by atoms with Crippen molar-refractivity contribution in [2.45, 2.75) is 69.5 Å². The number of hydrogen-bond acceptors (Lipinski definition) is 6. The van der Waals surface area contributed by atoms with Gasteiger partial charge in [-0.05, 0) is 87.1 Å². The molecule has 1 aliphatic carbocycles. The molecule has 3 aliphatic rings. The average Bonchev–Trinajstić information content (AvgIpc) is 3.37. The quantitative estimate of drug-likeness (QED) is 0.520. The molecule has 1 atom stereocenters. The topological polar surface area (TPSA) is 111 Å². The number of hydrogen-bond donors (Lipinski definition) is 2. The minimum Gasteiger partial charge on any atom is -0.446 e. The molecule has 2 aromatic rings. The molecule has 8 nitrogen and oxygen atoms in total. The van der Waals surface area contributed by atoms with Crippen LogP contribution in [0, 0.1) is 5.92 Å². The van der Waals surface area contributed by atoms with Gasteiger partial charge in [-0.1, -0.05) is 48.9 Å². The lowest BCUT2D eigenvalue weighted by Crippen LogP contribution is -2.52. The van der Waals surface area contributed by atoms with E-state index in [4.69, 9.17) is 15.3 Å². The number of esters is 1. The summed E-state index contributed by atoms with van der Waals surface area (Å²) in [5.74, 6) is -0.652. The molecule has 1 saturated heterocycles. The second-order valence-electron chi connectivity index (χ2n) is 11.2. The van der Waals surface area contributed by atoms with Gasteiger partial charge < -0.3 is 15.4 Å². The van der Waals surface area contributed by atoms with E-state index in [1.165, 1.54) is 5.56 Å². The molecule has 2 aromatic carbocycles. The van der Waals surface area contributed by atoms with Crippen molar-refractivity contribution in [3.63, 3.8) is 0 Å². The fourth-order valence-electron chi connectivity index (χ4n) is 5.80. The number of piperidine rings is 1. The number of benzene rings is 2. The lowest BCUT2D eigenvalue weighted by atomic mass is 9.84. The number of rotatable bonds is 7. The van der Waals surface area contributed by atoms with E-state index in [0.29, 0.717) is 30.0 Å². The van der Waals surface area contributed by atoms with E-state index >= 15 is 0 Å². The molecule has 2 amide bonds. The van der Waals surface area contributed by atoms with Gasteiger partial charge in [0, 0.05) is 18.7 Å². The minimum absolute atomic E-state index is 0.0296. The van der Waals surface area contributed by atoms with Crippen molar-refractivity contribution in [1.82, 2.24) is 10.4 Å². The van der Waals surface area contributed by atoms with Crippen LogP contribution in [0.5, 0.6) is 0 Å². The summed E-state index contributed by atoms with van der Waals surface area (Å²) < 4.78 is 5.70. The largest absolute Gasteiger partial charge is 0.446 e. The number of carbonyl (C=O) groups is 3. The highest BCUT2D eigenvalue weighted by molar-refractivity contribution is 5.95. The Morgan fingerprint density at radius 2 is 1.67 bits per heavy atom. The standard InChI is InChI=1S/C31H37N3O5/c1-30(29(37)38-31(28(32)36)16-6-3-7-17-31)21-26(33-39-30)24-10-12-25(13-11-24)27(35)34-18-14-23(15-19-34)20-22-8-4-2-5-9-22/h2,4-5,8-13,21,23,33H,3,6-7,14-20H2,1H3,(H2,32,36). The van der Waals surface area contributed by atoms with E-state index in [-0.39, 0.29) is 5.91 Å². The van der Waals surface area contributed by atoms with E-state index in [1.807, 2.05) is 23.1 Å². The highest BCUT2D eigenvalue weighted by atomic mass is 16.7. The Morgan fingerprint density at radius 3 is 2.31 bits per heavy atom. The first-order valence-electron chi connectivity index (χ1n) is 13.9. The van der Waals surface area contributed by atoms with Crippen molar-refractivity contribution >= 4 is 23.5 Å². The second-order valence-corrected chi connectivity index (χ2v) is 11.2. The summed E-state index contributed by atoms with van der Waals surface area (Å²) in [5, 5.41) is 0. The first-order valence-corrected chi connectivity index (χ1v) is 13.9. The third-order valence-corrected chi connectivity index (χ3v) is 8.31. The molecule has 206 valence electrons. The lowest BCUT2D eigenvalue weighted by Gasteiger charge is -2.35. The van der Waals surface area contributed by atoms with Gasteiger partial charge in [0.1, 0.15) is 0 Å². The number of ether oxygens (including phenoxy) is 1. The zero-order valence-electron chi connectivity index (χ0n) is 22.5. The molecule has 0 spiro atoms. The summed E-state index contributed by atoms with van der Waals surface area (Å²) in [7, 11) is 0. The van der Waals surface area contributed by atoms with Gasteiger partial charge in [-0.25, -0.2) is 4.79 Å². The molecular formula is C31H37N3O5. The summed E-state index contributed by atoms with van der Waals surface area (Å²) in [6.45, 7) is 3.10. The van der Waals surface area contributed by atoms with Gasteiger partial charge in [0.2, 0.25) is 5.60 Å². The maximum atomic E-state index is 13.1. The van der Waals surface area contributed by atoms with Crippen molar-refractivity contribution in [3.8, 4) is 0 Å². The number of nitrogens with two attached hydrogens (primary N) is 1. The van der Waals surface area contributed by atoms with Crippen LogP contribution in [0.1, 0.15) is 73.4 Å². The van der Waals surface area contributed by atoms with E-state index in [9.17, 15) is 14.4 Å². The van der Waals surface area contributed by atoms with Crippen LogP contribution in [0.15, 0.2) is 60.7 Å². The zero-order chi connectivity index (χ0) is 27.5. The molecule has 2 fully saturated rings. The number of amides is 2. The van der Waals surface area contributed by atoms with E-state index in [2.05, 4.69) is 29.7 Å². The van der Waals surface area contributed by atoms with Crippen LogP contribution in [-0.4, -0.2) is 47.0 Å². The maximum Gasteiger partial charge on any atom is 0.346 e. The number of nitrogens with one attached hydrogen (secondary N) is 1. The molecule has 0 aromatic heterocycles. The minimum atomic E-state index is -1.41. The van der Waals surface area contributed by atoms with Crippen molar-refractivity contribution in [2.24, 2.45) is 11.7 Å². The summed E-state index contributed by atoms with van der Waals surface area (Å²) in [5.41, 5.74) is 9.08. The number of likely N-dealkylation sites (tertiary alicyclic amines) is 1. The normalized spacial score (nSPS) is 23.0. The van der Waals surface area contributed by atoms with Crippen molar-refractivity contribution in [2.75, 3.05) is 13.1 Å². The van der Waals surface area contributed by atoms with E-state index in [0.717, 1.165) is 57.2 Å². The Balaban J connectivity index is 1.19. The van der Waals surface area contributed by atoms with Crippen LogP contribution in [0.25, 0.3) is 5.70 Å². The third-order valence-electron chi connectivity index (χ3n) is 8.31. The number of nitrogens with zero attached hydrogens (tertiary/aromatic N) is 1. The maximum absolute atomic E-state index is 13.1. The van der Waals surface area contributed by atoms with Gasteiger partial charge >= 0.3 is 5.97 Å². The molecule has 1 unspecified atom stereocenters. The van der Waals surface area contributed by atoms with Crippen LogP contribution in [-0.2, 0) is 25.6 Å². The van der Waals surface area contributed by atoms with Crippen LogP contribution >= 0.6 is 0 Å². The van der Waals surface area contributed by atoms with Gasteiger partial charge in [0.15, 0.2) is 5.60 Å². The first kappa shape index (κ1) is 26.9. The van der Waals surface area contributed by atoms with Crippen LogP contribution in [0.2, 0.25) is 0 Å². The summed E-state index contributed by atoms with van der Waals surface area (Å²) in [6, 6.07) is 17.8. The molecule has 3 N–H and O–H groups in total. The van der Waals surface area contributed by atoms with Crippen molar-refractivity contribution in [1.29, 1.82) is 0 Å². The Labute approximate surface area is 229 Å². The van der Waals surface area contributed by atoms with Crippen molar-refractivity contribution < 1.29 is 24.0 Å². The first-order chi connectivity index (χ1) is 18.8. The number of carbonyl (C=O) groups excluding carboxylic acids is 3. The molecule has 5 rings (SSSR count). The molecular weight excluding hydrogens is 494 g/mol. The summed E-state index contributed by atoms with van der Waals surface area (Å²) in [4.78, 5) is 45.9. The average molecular weight is 532 g/mol. The molecule has 2 aliphatic heterocycles. The highest BCUT2D eigenvalue weighted by Gasteiger charge is 2.48. The molecule has 0 bridgehead atoms. The third kappa shape index (κ3) is 5.86. The smallest absolute Gasteiger partial charge is 0.346 e. The molecule has 1 saturated carbocycles. The molecule has 8 heteroatoms. The molecule has 2 heterocycles. The van der Waals surface area contributed by atoms with E-state index < -0.39 is 23.1 Å². The fourth-order valence-corrected chi connectivity index (χ4v) is 5.80. The van der Waals surface area contributed by atoms with Gasteiger partial charge in [0.05, 0.1) is 5.70 Å². The monoisotopic (exact) mass is 531 g/mol. The second kappa shape index (κ2) is 11.2. The summed E-state index contributed by atoms with van der Waals surface area (Å²) >= 11 is 0. The molecule has 39 heavy (non-hydrogen) atoms. The van der Waals surface area contributed by atoms with Crippen LogP contribution < -0.4 is 11.2 Å². The fraction of sp³-hybridized carbons (Fsp3) is 0.452. The predicted molar refractivity (Wildman–Crippen MR) is 147 cm³/mol. The predicted octanol–water partition coefficient (Wildman–Crippen LogP) is 4.15. The Morgan fingerprint density at radius 1 is 1.00 bits per heavy atom. The van der Waals surface area contributed by atoms with Crippen molar-refractivity contribution in [3.05, 3.63) is 77.4 Å². The van der Waals surface area contributed by atoms with Gasteiger partial charge in [-0.15, -0.1) is 0 Å². The van der Waals surface area contributed by atoms with E-state index in [1.54, 1.807) is 25.1 Å². The Bertz CT molecular complexity index is 1230. The van der Waals surface area contributed by atoms with Gasteiger partial charge in [-0.3, -0.25) is 19.9 Å². The number of hydroxylamine groups is 1.